The SMILES string of the molecule is N#C[C@H](C(=O)/C=C\c1ccco1)C(=O)N1CCSCC1. The molecule has 0 aromatic carbocycles. The van der Waals surface area contributed by atoms with Crippen molar-refractivity contribution in [3.63, 3.8) is 0 Å². The summed E-state index contributed by atoms with van der Waals surface area (Å²) >= 11 is 1.76. The van der Waals surface area contributed by atoms with Crippen LogP contribution >= 0.6 is 11.8 Å². The Morgan fingerprint density at radius 3 is 2.80 bits per heavy atom. The molecular weight excluding hydrogens is 276 g/mol. The molecule has 0 unspecified atom stereocenters. The number of allylic oxidation sites excluding steroid dienone is 1. The van der Waals surface area contributed by atoms with Gasteiger partial charge in [0.15, 0.2) is 11.7 Å². The molecule has 1 saturated heterocycles. The number of nitriles is 1. The molecule has 2 rings (SSSR count). The molecule has 1 aromatic rings. The van der Waals surface area contributed by atoms with Gasteiger partial charge in [0.05, 0.1) is 12.3 Å². The number of furan rings is 1. The van der Waals surface area contributed by atoms with Gasteiger partial charge in [0.1, 0.15) is 5.76 Å². The molecule has 0 N–H and O–H groups in total. The fourth-order valence-corrected chi connectivity index (χ4v) is 2.76. The molecule has 0 spiro atoms. The molecule has 2 heterocycles. The summed E-state index contributed by atoms with van der Waals surface area (Å²) in [6.07, 6.45) is 4.18. The Labute approximate surface area is 121 Å². The van der Waals surface area contributed by atoms with Crippen molar-refractivity contribution in [1.82, 2.24) is 4.90 Å². The largest absolute Gasteiger partial charge is 0.465 e. The number of carbonyl (C=O) groups excluding carboxylic acids is 2. The Balaban J connectivity index is 2.01. The van der Waals surface area contributed by atoms with Gasteiger partial charge in [-0.05, 0) is 24.3 Å². The molecule has 0 aliphatic carbocycles. The lowest BCUT2D eigenvalue weighted by Crippen LogP contribution is -2.43. The van der Waals surface area contributed by atoms with E-state index in [0.29, 0.717) is 18.8 Å². The van der Waals surface area contributed by atoms with Crippen LogP contribution in [0.15, 0.2) is 28.9 Å². The average molecular weight is 290 g/mol. The van der Waals surface area contributed by atoms with Crippen molar-refractivity contribution >= 4 is 29.5 Å². The number of amides is 1. The molecule has 6 heteroatoms. The minimum atomic E-state index is -1.26. The molecule has 5 nitrogen and oxygen atoms in total. The first kappa shape index (κ1) is 14.4. The summed E-state index contributed by atoms with van der Waals surface area (Å²) in [7, 11) is 0. The molecule has 0 saturated carbocycles. The number of carbonyl (C=O) groups is 2. The van der Waals surface area contributed by atoms with Gasteiger partial charge in [-0.2, -0.15) is 17.0 Å². The highest BCUT2D eigenvalue weighted by molar-refractivity contribution is 7.99. The third-order valence-corrected chi connectivity index (χ3v) is 3.88. The lowest BCUT2D eigenvalue weighted by Gasteiger charge is -2.27. The predicted molar refractivity (Wildman–Crippen MR) is 75.8 cm³/mol. The van der Waals surface area contributed by atoms with Crippen LogP contribution in [0.3, 0.4) is 0 Å². The Hall–Kier alpha value is -2.00. The van der Waals surface area contributed by atoms with E-state index < -0.39 is 17.6 Å². The van der Waals surface area contributed by atoms with E-state index in [9.17, 15) is 9.59 Å². The second kappa shape index (κ2) is 6.96. The third kappa shape index (κ3) is 3.52. The van der Waals surface area contributed by atoms with E-state index in [1.165, 1.54) is 18.4 Å². The maximum Gasteiger partial charge on any atom is 0.247 e. The molecule has 1 aliphatic rings. The van der Waals surface area contributed by atoms with Gasteiger partial charge in [0, 0.05) is 24.6 Å². The molecule has 1 atom stereocenters. The van der Waals surface area contributed by atoms with Crippen molar-refractivity contribution in [2.24, 2.45) is 5.92 Å². The van der Waals surface area contributed by atoms with Crippen LogP contribution in [0.25, 0.3) is 6.08 Å². The summed E-state index contributed by atoms with van der Waals surface area (Å²) in [4.78, 5) is 25.7. The highest BCUT2D eigenvalue weighted by Crippen LogP contribution is 2.14. The van der Waals surface area contributed by atoms with Gasteiger partial charge in [-0.15, -0.1) is 0 Å². The second-order valence-corrected chi connectivity index (χ2v) is 5.48. The summed E-state index contributed by atoms with van der Waals surface area (Å²) in [6, 6.07) is 5.19. The summed E-state index contributed by atoms with van der Waals surface area (Å²) in [5.41, 5.74) is 0. The number of rotatable bonds is 4. The molecular formula is C14H14N2O3S. The van der Waals surface area contributed by atoms with E-state index in [-0.39, 0.29) is 0 Å². The molecule has 1 aliphatic heterocycles. The van der Waals surface area contributed by atoms with Crippen LogP contribution in [0.4, 0.5) is 0 Å². The number of hydrogen-bond acceptors (Lipinski definition) is 5. The number of ketones is 1. The van der Waals surface area contributed by atoms with Gasteiger partial charge in [-0.3, -0.25) is 9.59 Å². The van der Waals surface area contributed by atoms with Gasteiger partial charge >= 0.3 is 0 Å². The van der Waals surface area contributed by atoms with Gasteiger partial charge < -0.3 is 9.32 Å². The first-order valence-corrected chi connectivity index (χ1v) is 7.39. The summed E-state index contributed by atoms with van der Waals surface area (Å²) < 4.78 is 5.05. The van der Waals surface area contributed by atoms with Crippen molar-refractivity contribution in [1.29, 1.82) is 5.26 Å². The summed E-state index contributed by atoms with van der Waals surface area (Å²) in [6.45, 7) is 1.19. The highest BCUT2D eigenvalue weighted by atomic mass is 32.2. The lowest BCUT2D eigenvalue weighted by atomic mass is 10.0. The minimum absolute atomic E-state index is 0.401. The summed E-state index contributed by atoms with van der Waals surface area (Å²) in [5.74, 6) is 0.0378. The van der Waals surface area contributed by atoms with E-state index in [1.54, 1.807) is 34.9 Å². The normalized spacial score (nSPS) is 16.9. The topological polar surface area (TPSA) is 74.3 Å². The quantitative estimate of drug-likeness (QED) is 0.621. The number of nitrogens with zero attached hydrogens (tertiary/aromatic N) is 2. The van der Waals surface area contributed by atoms with E-state index in [0.717, 1.165) is 11.5 Å². The van der Waals surface area contributed by atoms with E-state index >= 15 is 0 Å². The zero-order valence-electron chi connectivity index (χ0n) is 10.8. The van der Waals surface area contributed by atoms with Crippen molar-refractivity contribution < 1.29 is 14.0 Å². The first-order valence-electron chi connectivity index (χ1n) is 6.24. The molecule has 0 radical (unpaired) electrons. The van der Waals surface area contributed by atoms with Crippen LogP contribution in [-0.2, 0) is 9.59 Å². The van der Waals surface area contributed by atoms with Gasteiger partial charge in [0.25, 0.3) is 0 Å². The van der Waals surface area contributed by atoms with E-state index in [1.807, 2.05) is 0 Å². The fraction of sp³-hybridized carbons (Fsp3) is 0.357. The van der Waals surface area contributed by atoms with Crippen molar-refractivity contribution in [2.75, 3.05) is 24.6 Å². The van der Waals surface area contributed by atoms with Crippen LogP contribution in [0, 0.1) is 17.2 Å². The van der Waals surface area contributed by atoms with Crippen LogP contribution in [0.1, 0.15) is 5.76 Å². The standard InChI is InChI=1S/C14H14N2O3S/c15-10-12(14(18)16-5-8-20-9-6-16)13(17)4-3-11-2-1-7-19-11/h1-4,7,12H,5-6,8-9H2/b4-3-/t12-/m1/s1. The predicted octanol–water partition coefficient (Wildman–Crippen LogP) is 1.58. The Morgan fingerprint density at radius 1 is 1.45 bits per heavy atom. The molecule has 0 bridgehead atoms. The van der Waals surface area contributed by atoms with Crippen molar-refractivity contribution in [3.05, 3.63) is 30.2 Å². The summed E-state index contributed by atoms with van der Waals surface area (Å²) in [5, 5.41) is 9.07. The third-order valence-electron chi connectivity index (χ3n) is 2.94. The molecule has 1 fully saturated rings. The first-order chi connectivity index (χ1) is 9.72. The number of hydrogen-bond donors (Lipinski definition) is 0. The van der Waals surface area contributed by atoms with Gasteiger partial charge in [-0.1, -0.05) is 0 Å². The van der Waals surface area contributed by atoms with Crippen LogP contribution in [-0.4, -0.2) is 41.2 Å². The highest BCUT2D eigenvalue weighted by Gasteiger charge is 2.29. The van der Waals surface area contributed by atoms with Gasteiger partial charge in [-0.25, -0.2) is 0 Å². The van der Waals surface area contributed by atoms with E-state index in [2.05, 4.69) is 0 Å². The zero-order chi connectivity index (χ0) is 14.4. The van der Waals surface area contributed by atoms with E-state index in [4.69, 9.17) is 9.68 Å². The maximum atomic E-state index is 12.1. The monoisotopic (exact) mass is 290 g/mol. The van der Waals surface area contributed by atoms with Crippen LogP contribution < -0.4 is 0 Å². The van der Waals surface area contributed by atoms with Crippen molar-refractivity contribution in [3.8, 4) is 6.07 Å². The molecule has 20 heavy (non-hydrogen) atoms. The van der Waals surface area contributed by atoms with Crippen molar-refractivity contribution in [2.45, 2.75) is 0 Å². The maximum absolute atomic E-state index is 12.1. The Kier molecular flexibility index (Phi) is 5.02. The lowest BCUT2D eigenvalue weighted by molar-refractivity contribution is -0.137. The average Bonchev–Trinajstić information content (AvgIpc) is 3.00. The minimum Gasteiger partial charge on any atom is -0.465 e. The molecule has 1 amide bonds. The Bertz CT molecular complexity index is 539. The second-order valence-electron chi connectivity index (χ2n) is 4.25. The molecule has 1 aromatic heterocycles. The fourth-order valence-electron chi connectivity index (χ4n) is 1.85. The van der Waals surface area contributed by atoms with Crippen LogP contribution in [0.5, 0.6) is 0 Å². The van der Waals surface area contributed by atoms with Crippen LogP contribution in [0.2, 0.25) is 0 Å². The number of thioether (sulfide) groups is 1. The Morgan fingerprint density at radius 2 is 2.20 bits per heavy atom. The smallest absolute Gasteiger partial charge is 0.247 e. The van der Waals surface area contributed by atoms with Gasteiger partial charge in [0.2, 0.25) is 5.91 Å². The molecule has 104 valence electrons. The zero-order valence-corrected chi connectivity index (χ0v) is 11.6.